The molecule has 0 aliphatic carbocycles. The molecular weight excluding hydrogens is 566 g/mol. The van der Waals surface area contributed by atoms with Crippen LogP contribution in [0.1, 0.15) is 32.8 Å². The molecule has 3 aromatic carbocycles. The molecule has 41 heavy (non-hydrogen) atoms. The molecule has 0 saturated heterocycles. The number of carbonyl (C=O) groups is 2. The van der Waals surface area contributed by atoms with Crippen LogP contribution >= 0.6 is 11.6 Å². The van der Waals surface area contributed by atoms with Crippen LogP contribution in [0.5, 0.6) is 11.5 Å². The van der Waals surface area contributed by atoms with Gasteiger partial charge in [0.05, 0.1) is 24.8 Å². The first-order valence-corrected chi connectivity index (χ1v) is 15.0. The highest BCUT2D eigenvalue weighted by molar-refractivity contribution is 7.92. The summed E-state index contributed by atoms with van der Waals surface area (Å²) >= 11 is 6.08. The number of methoxy groups -OCH3 is 2. The van der Waals surface area contributed by atoms with Crippen molar-refractivity contribution < 1.29 is 27.5 Å². The van der Waals surface area contributed by atoms with Gasteiger partial charge in [-0.25, -0.2) is 8.42 Å². The molecule has 11 heteroatoms. The van der Waals surface area contributed by atoms with Gasteiger partial charge in [0.25, 0.3) is 10.0 Å². The van der Waals surface area contributed by atoms with E-state index in [0.29, 0.717) is 22.9 Å². The van der Waals surface area contributed by atoms with Crippen molar-refractivity contribution in [2.24, 2.45) is 0 Å². The molecule has 0 saturated carbocycles. The predicted molar refractivity (Wildman–Crippen MR) is 160 cm³/mol. The summed E-state index contributed by atoms with van der Waals surface area (Å²) in [5, 5.41) is 3.29. The highest BCUT2D eigenvalue weighted by atomic mass is 35.5. The van der Waals surface area contributed by atoms with Gasteiger partial charge in [0, 0.05) is 17.6 Å². The molecule has 9 nitrogen and oxygen atoms in total. The van der Waals surface area contributed by atoms with Gasteiger partial charge in [0.2, 0.25) is 11.8 Å². The molecule has 3 rings (SSSR count). The number of sulfonamides is 1. The fourth-order valence-corrected chi connectivity index (χ4v) is 5.82. The lowest BCUT2D eigenvalue weighted by Crippen LogP contribution is -2.53. The number of carbonyl (C=O) groups excluding carboxylic acids is 2. The van der Waals surface area contributed by atoms with E-state index in [9.17, 15) is 18.0 Å². The molecule has 1 atom stereocenters. The summed E-state index contributed by atoms with van der Waals surface area (Å²) in [6.45, 7) is 5.00. The van der Waals surface area contributed by atoms with Gasteiger partial charge in [-0.3, -0.25) is 13.9 Å². The van der Waals surface area contributed by atoms with Crippen molar-refractivity contribution in [3.8, 4) is 11.5 Å². The standard InChI is InChI=1S/C30H36ClN3O6S/c1-6-28(30(36)32-21(2)3)33(19-22-8-7-9-26(18-22)40-5)29(35)20-34(24-12-10-23(31)11-13-24)41(37,38)27-16-14-25(39-4)15-17-27/h7-18,21,28H,6,19-20H2,1-5H3,(H,32,36). The van der Waals surface area contributed by atoms with E-state index < -0.39 is 28.5 Å². The molecule has 1 N–H and O–H groups in total. The van der Waals surface area contributed by atoms with Gasteiger partial charge in [0.1, 0.15) is 24.1 Å². The highest BCUT2D eigenvalue weighted by Gasteiger charge is 2.34. The van der Waals surface area contributed by atoms with E-state index in [1.807, 2.05) is 26.8 Å². The second kappa shape index (κ2) is 14.2. The normalized spacial score (nSPS) is 12.0. The van der Waals surface area contributed by atoms with Gasteiger partial charge in [-0.2, -0.15) is 0 Å². The van der Waals surface area contributed by atoms with Crippen LogP contribution in [0.3, 0.4) is 0 Å². The Morgan fingerprint density at radius 1 is 0.927 bits per heavy atom. The molecule has 0 bridgehead atoms. The molecule has 0 radical (unpaired) electrons. The van der Waals surface area contributed by atoms with Gasteiger partial charge in [-0.1, -0.05) is 30.7 Å². The Bertz CT molecular complexity index is 1430. The average molecular weight is 602 g/mol. The van der Waals surface area contributed by atoms with E-state index in [1.165, 1.54) is 48.4 Å². The van der Waals surface area contributed by atoms with Crippen molar-refractivity contribution in [3.63, 3.8) is 0 Å². The van der Waals surface area contributed by atoms with Crippen LogP contribution in [-0.4, -0.2) is 58.0 Å². The maximum Gasteiger partial charge on any atom is 0.264 e. The SMILES string of the molecule is CCC(C(=O)NC(C)C)N(Cc1cccc(OC)c1)C(=O)CN(c1ccc(Cl)cc1)S(=O)(=O)c1ccc(OC)cc1. The third kappa shape index (κ3) is 8.14. The Hall–Kier alpha value is -3.76. The monoisotopic (exact) mass is 601 g/mol. The second-order valence-electron chi connectivity index (χ2n) is 9.62. The molecule has 3 aromatic rings. The van der Waals surface area contributed by atoms with Crippen molar-refractivity contribution in [3.05, 3.63) is 83.4 Å². The molecule has 2 amide bonds. The van der Waals surface area contributed by atoms with Gasteiger partial charge in [-0.05, 0) is 86.5 Å². The summed E-state index contributed by atoms with van der Waals surface area (Å²) in [6, 6.07) is 18.3. The van der Waals surface area contributed by atoms with Crippen molar-refractivity contribution >= 4 is 39.1 Å². The third-order valence-electron chi connectivity index (χ3n) is 6.34. The summed E-state index contributed by atoms with van der Waals surface area (Å²) in [5.41, 5.74) is 0.976. The zero-order chi connectivity index (χ0) is 30.2. The van der Waals surface area contributed by atoms with Crippen molar-refractivity contribution in [2.45, 2.75) is 50.7 Å². The Morgan fingerprint density at radius 3 is 2.12 bits per heavy atom. The number of ether oxygens (including phenoxy) is 2. The average Bonchev–Trinajstić information content (AvgIpc) is 2.96. The van der Waals surface area contributed by atoms with Gasteiger partial charge in [0.15, 0.2) is 0 Å². The van der Waals surface area contributed by atoms with E-state index in [4.69, 9.17) is 21.1 Å². The molecule has 0 heterocycles. The molecule has 0 fully saturated rings. The number of hydrogen-bond donors (Lipinski definition) is 1. The minimum absolute atomic E-state index is 0.0232. The van der Waals surface area contributed by atoms with Crippen molar-refractivity contribution in [1.82, 2.24) is 10.2 Å². The van der Waals surface area contributed by atoms with E-state index in [0.717, 1.165) is 9.87 Å². The first-order chi connectivity index (χ1) is 19.5. The van der Waals surface area contributed by atoms with Crippen LogP contribution < -0.4 is 19.1 Å². The van der Waals surface area contributed by atoms with E-state index >= 15 is 0 Å². The summed E-state index contributed by atoms with van der Waals surface area (Å²) in [7, 11) is -1.18. The lowest BCUT2D eigenvalue weighted by molar-refractivity contribution is -0.140. The van der Waals surface area contributed by atoms with Crippen LogP contribution in [0, 0.1) is 0 Å². The number of amides is 2. The summed E-state index contributed by atoms with van der Waals surface area (Å²) in [6.07, 6.45) is 0.320. The Kier molecular flexibility index (Phi) is 11.0. The summed E-state index contributed by atoms with van der Waals surface area (Å²) in [4.78, 5) is 28.7. The third-order valence-corrected chi connectivity index (χ3v) is 8.38. The first kappa shape index (κ1) is 31.8. The number of nitrogens with zero attached hydrogens (tertiary/aromatic N) is 2. The van der Waals surface area contributed by atoms with Crippen molar-refractivity contribution in [1.29, 1.82) is 0 Å². The topological polar surface area (TPSA) is 105 Å². The van der Waals surface area contributed by atoms with Gasteiger partial charge >= 0.3 is 0 Å². The molecule has 0 aliphatic heterocycles. The minimum Gasteiger partial charge on any atom is -0.497 e. The maximum atomic E-state index is 14.1. The van der Waals surface area contributed by atoms with Gasteiger partial charge in [-0.15, -0.1) is 0 Å². The number of rotatable bonds is 13. The zero-order valence-corrected chi connectivity index (χ0v) is 25.4. The Labute approximate surface area is 247 Å². The smallest absolute Gasteiger partial charge is 0.264 e. The second-order valence-corrected chi connectivity index (χ2v) is 11.9. The number of halogens is 1. The van der Waals surface area contributed by atoms with Gasteiger partial charge < -0.3 is 19.7 Å². The highest BCUT2D eigenvalue weighted by Crippen LogP contribution is 2.27. The molecule has 0 aliphatic rings. The quantitative estimate of drug-likeness (QED) is 0.299. The molecule has 0 aromatic heterocycles. The lowest BCUT2D eigenvalue weighted by atomic mass is 10.1. The Morgan fingerprint density at radius 2 is 1.56 bits per heavy atom. The number of benzene rings is 3. The van der Waals surface area contributed by atoms with E-state index in [-0.39, 0.29) is 29.1 Å². The number of nitrogens with one attached hydrogen (secondary N) is 1. The predicted octanol–water partition coefficient (Wildman–Crippen LogP) is 4.88. The van der Waals surface area contributed by atoms with Crippen LogP contribution in [0.15, 0.2) is 77.7 Å². The zero-order valence-electron chi connectivity index (χ0n) is 23.8. The van der Waals surface area contributed by atoms with Crippen LogP contribution in [-0.2, 0) is 26.2 Å². The van der Waals surface area contributed by atoms with Crippen LogP contribution in [0.2, 0.25) is 5.02 Å². The molecule has 220 valence electrons. The number of anilines is 1. The molecule has 1 unspecified atom stereocenters. The number of hydrogen-bond acceptors (Lipinski definition) is 6. The summed E-state index contributed by atoms with van der Waals surface area (Å²) in [5.74, 6) is 0.212. The van der Waals surface area contributed by atoms with Crippen LogP contribution in [0.4, 0.5) is 5.69 Å². The first-order valence-electron chi connectivity index (χ1n) is 13.1. The lowest BCUT2D eigenvalue weighted by Gasteiger charge is -2.33. The molecule has 0 spiro atoms. The van der Waals surface area contributed by atoms with Crippen LogP contribution in [0.25, 0.3) is 0 Å². The fourth-order valence-electron chi connectivity index (χ4n) is 4.28. The largest absolute Gasteiger partial charge is 0.497 e. The van der Waals surface area contributed by atoms with Crippen molar-refractivity contribution in [2.75, 3.05) is 25.1 Å². The Balaban J connectivity index is 2.06. The van der Waals surface area contributed by atoms with E-state index in [2.05, 4.69) is 5.32 Å². The summed E-state index contributed by atoms with van der Waals surface area (Å²) < 4.78 is 39.4. The fraction of sp³-hybridized carbons (Fsp3) is 0.333. The van der Waals surface area contributed by atoms with E-state index in [1.54, 1.807) is 37.4 Å². The maximum absolute atomic E-state index is 14.1. The minimum atomic E-state index is -4.21. The molecular formula is C30H36ClN3O6S.